The first-order valence-corrected chi connectivity index (χ1v) is 17.2. The molecule has 272 valence electrons. The van der Waals surface area contributed by atoms with Gasteiger partial charge in [-0.3, -0.25) is 4.90 Å². The molecule has 0 aliphatic carbocycles. The number of halogens is 6. The maximum atomic E-state index is 13.8. The Kier molecular flexibility index (Phi) is 9.94. The zero-order chi connectivity index (χ0) is 36.5. The number of hydrogen-bond donors (Lipinski definition) is 1. The number of H-pyrrole nitrogens is 1. The fourth-order valence-corrected chi connectivity index (χ4v) is 8.29. The highest BCUT2D eigenvalue weighted by molar-refractivity contribution is 5.39. The Balaban J connectivity index is 1.20. The molecule has 2 aliphatic heterocycles. The summed E-state index contributed by atoms with van der Waals surface area (Å²) in [6.07, 6.45) is -9.42. The standard InChI is InChI=1S/C39H37F6N5O2/c1-25(26-11-5-2-6-12-26)50-33-17-18-34(37(50,29-15-9-4-10-16-29)24-32(33)36-46-48-49-47-36)51-19-20-52-35(27-13-7-3-8-14-27)28-21-30(38(40,41)42)23-31(22-28)39(43,44)45/h2-16,21-23,25,32-35H,17-20,24H2,1H3,(H,46,47,48,49)/t25?,32?,33?,34-,35?,37?/m0/s1. The van der Waals surface area contributed by atoms with Crippen LogP contribution in [0.15, 0.2) is 109 Å². The van der Waals surface area contributed by atoms with Crippen molar-refractivity contribution in [2.45, 2.75) is 74.3 Å². The van der Waals surface area contributed by atoms with Crippen LogP contribution in [-0.2, 0) is 27.4 Å². The van der Waals surface area contributed by atoms with Crippen LogP contribution in [-0.4, -0.2) is 50.9 Å². The summed E-state index contributed by atoms with van der Waals surface area (Å²) in [5, 5.41) is 15.1. The number of aromatic amines is 1. The van der Waals surface area contributed by atoms with Crippen LogP contribution in [0.25, 0.3) is 0 Å². The molecule has 5 aromatic rings. The van der Waals surface area contributed by atoms with Crippen LogP contribution >= 0.6 is 0 Å². The molecule has 7 rings (SSSR count). The molecule has 1 N–H and O–H groups in total. The molecule has 0 saturated carbocycles. The quantitative estimate of drug-likeness (QED) is 0.108. The topological polar surface area (TPSA) is 76.2 Å². The second-order valence-corrected chi connectivity index (χ2v) is 13.4. The molecule has 2 aliphatic rings. The van der Waals surface area contributed by atoms with E-state index in [0.29, 0.717) is 24.2 Å². The Bertz CT molecular complexity index is 1880. The number of piperidine rings is 1. The van der Waals surface area contributed by atoms with Crippen LogP contribution in [0, 0.1) is 0 Å². The van der Waals surface area contributed by atoms with E-state index in [2.05, 4.69) is 56.7 Å². The van der Waals surface area contributed by atoms with Gasteiger partial charge in [0.2, 0.25) is 0 Å². The van der Waals surface area contributed by atoms with Gasteiger partial charge in [-0.05, 0) is 77.1 Å². The van der Waals surface area contributed by atoms with E-state index in [1.807, 2.05) is 36.4 Å². The van der Waals surface area contributed by atoms with Gasteiger partial charge < -0.3 is 9.47 Å². The SMILES string of the molecule is CC(c1ccccc1)N1C2CC[C@H](OCCOC(c3ccccc3)c3cc(C(F)(F)F)cc(C(F)(F)F)c3)C1(c1ccccc1)CC2c1nnn[nH]1. The first-order chi connectivity index (χ1) is 25.0. The Hall–Kier alpha value is -4.59. The second kappa shape index (κ2) is 14.4. The average molecular weight is 722 g/mol. The molecule has 52 heavy (non-hydrogen) atoms. The molecule has 13 heteroatoms. The molecule has 3 heterocycles. The van der Waals surface area contributed by atoms with E-state index in [-0.39, 0.29) is 48.9 Å². The van der Waals surface area contributed by atoms with E-state index < -0.39 is 35.1 Å². The van der Waals surface area contributed by atoms with Crippen molar-refractivity contribution in [2.24, 2.45) is 0 Å². The number of alkyl halides is 6. The Labute approximate surface area is 297 Å². The van der Waals surface area contributed by atoms with Gasteiger partial charge in [-0.1, -0.05) is 91.0 Å². The van der Waals surface area contributed by atoms with E-state index >= 15 is 0 Å². The van der Waals surface area contributed by atoms with E-state index in [9.17, 15) is 26.3 Å². The molecule has 2 saturated heterocycles. The van der Waals surface area contributed by atoms with Gasteiger partial charge in [0.05, 0.1) is 36.0 Å². The lowest BCUT2D eigenvalue weighted by Gasteiger charge is -2.52. The lowest BCUT2D eigenvalue weighted by Crippen LogP contribution is -2.57. The van der Waals surface area contributed by atoms with E-state index in [0.717, 1.165) is 29.7 Å². The Morgan fingerprint density at radius 2 is 1.37 bits per heavy atom. The number of nitrogens with one attached hydrogen (secondary N) is 1. The molecule has 4 aromatic carbocycles. The maximum Gasteiger partial charge on any atom is 0.416 e. The summed E-state index contributed by atoms with van der Waals surface area (Å²) in [6.45, 7) is 2.13. The van der Waals surface area contributed by atoms with Gasteiger partial charge in [0.15, 0.2) is 5.82 Å². The van der Waals surface area contributed by atoms with Gasteiger partial charge in [-0.2, -0.15) is 26.3 Å². The molecule has 0 amide bonds. The summed E-state index contributed by atoms with van der Waals surface area (Å²) >= 11 is 0. The largest absolute Gasteiger partial charge is 0.416 e. The maximum absolute atomic E-state index is 13.8. The van der Waals surface area contributed by atoms with Gasteiger partial charge in [0.1, 0.15) is 6.10 Å². The number of tetrazole rings is 1. The molecule has 2 fully saturated rings. The van der Waals surface area contributed by atoms with Crippen molar-refractivity contribution in [1.82, 2.24) is 25.5 Å². The van der Waals surface area contributed by atoms with Crippen molar-refractivity contribution in [1.29, 1.82) is 0 Å². The highest BCUT2D eigenvalue weighted by Gasteiger charge is 2.62. The molecule has 6 atom stereocenters. The van der Waals surface area contributed by atoms with Crippen molar-refractivity contribution in [3.63, 3.8) is 0 Å². The number of hydrogen-bond acceptors (Lipinski definition) is 6. The highest BCUT2D eigenvalue weighted by atomic mass is 19.4. The summed E-state index contributed by atoms with van der Waals surface area (Å²) in [7, 11) is 0. The monoisotopic (exact) mass is 721 g/mol. The lowest BCUT2D eigenvalue weighted by atomic mass is 9.77. The summed E-state index contributed by atoms with van der Waals surface area (Å²) in [5.74, 6) is 0.666. The Morgan fingerprint density at radius 3 is 1.94 bits per heavy atom. The van der Waals surface area contributed by atoms with Crippen molar-refractivity contribution in [2.75, 3.05) is 13.2 Å². The normalized spacial score (nSPS) is 23.4. The predicted octanol–water partition coefficient (Wildman–Crippen LogP) is 9.04. The van der Waals surface area contributed by atoms with Crippen LogP contribution in [0.1, 0.15) is 83.5 Å². The first-order valence-electron chi connectivity index (χ1n) is 17.2. The van der Waals surface area contributed by atoms with Crippen molar-refractivity contribution in [3.05, 3.63) is 148 Å². The van der Waals surface area contributed by atoms with Crippen LogP contribution in [0.3, 0.4) is 0 Å². The zero-order valence-electron chi connectivity index (χ0n) is 28.2. The molecule has 0 radical (unpaired) electrons. The third kappa shape index (κ3) is 6.96. The number of fused-ring (bicyclic) bond motifs is 2. The second-order valence-electron chi connectivity index (χ2n) is 13.4. The van der Waals surface area contributed by atoms with E-state index in [1.54, 1.807) is 30.3 Å². The summed E-state index contributed by atoms with van der Waals surface area (Å²) in [4.78, 5) is 2.52. The minimum atomic E-state index is -4.99. The molecule has 7 nitrogen and oxygen atoms in total. The molecular formula is C39H37F6N5O2. The number of nitrogens with zero attached hydrogens (tertiary/aromatic N) is 4. The van der Waals surface area contributed by atoms with Crippen LogP contribution < -0.4 is 0 Å². The minimum absolute atomic E-state index is 0.0267. The van der Waals surface area contributed by atoms with Crippen molar-refractivity contribution in [3.8, 4) is 0 Å². The fourth-order valence-electron chi connectivity index (χ4n) is 8.29. The molecule has 0 spiro atoms. The number of aromatic nitrogens is 4. The van der Waals surface area contributed by atoms with Crippen LogP contribution in [0.4, 0.5) is 26.3 Å². The number of ether oxygens (including phenoxy) is 2. The van der Waals surface area contributed by atoms with E-state index in [1.165, 1.54) is 0 Å². The fraction of sp³-hybridized carbons (Fsp3) is 0.359. The molecular weight excluding hydrogens is 684 g/mol. The van der Waals surface area contributed by atoms with Gasteiger partial charge in [0, 0.05) is 18.0 Å². The molecule has 5 unspecified atom stereocenters. The third-order valence-electron chi connectivity index (χ3n) is 10.5. The summed E-state index contributed by atoms with van der Waals surface area (Å²) in [5.41, 5.74) is -1.06. The Morgan fingerprint density at radius 1 is 0.769 bits per heavy atom. The zero-order valence-corrected chi connectivity index (χ0v) is 28.2. The molecule has 2 bridgehead atoms. The third-order valence-corrected chi connectivity index (χ3v) is 10.5. The predicted molar refractivity (Wildman–Crippen MR) is 180 cm³/mol. The van der Waals surface area contributed by atoms with Crippen molar-refractivity contribution < 1.29 is 35.8 Å². The lowest BCUT2D eigenvalue weighted by molar-refractivity contribution is -0.143. The molecule has 1 aromatic heterocycles. The van der Waals surface area contributed by atoms with Gasteiger partial charge >= 0.3 is 12.4 Å². The summed E-state index contributed by atoms with van der Waals surface area (Å²) in [6, 6.07) is 30.2. The van der Waals surface area contributed by atoms with Gasteiger partial charge in [0.25, 0.3) is 0 Å². The van der Waals surface area contributed by atoms with Crippen molar-refractivity contribution >= 4 is 0 Å². The van der Waals surface area contributed by atoms with Crippen LogP contribution in [0.2, 0.25) is 0 Å². The van der Waals surface area contributed by atoms with E-state index in [4.69, 9.17) is 9.47 Å². The smallest absolute Gasteiger partial charge is 0.374 e. The van der Waals surface area contributed by atoms with Gasteiger partial charge in [-0.15, -0.1) is 5.10 Å². The average Bonchev–Trinajstić information content (AvgIpc) is 3.77. The first kappa shape index (κ1) is 35.8. The van der Waals surface area contributed by atoms with Gasteiger partial charge in [-0.25, -0.2) is 5.10 Å². The number of rotatable bonds is 11. The van der Waals surface area contributed by atoms with Crippen LogP contribution in [0.5, 0.6) is 0 Å². The minimum Gasteiger partial charge on any atom is -0.374 e. The number of benzene rings is 4. The summed E-state index contributed by atoms with van der Waals surface area (Å²) < 4.78 is 95.9. The highest BCUT2D eigenvalue weighted by Crippen LogP contribution is 2.59.